The van der Waals surface area contributed by atoms with Crippen LogP contribution in [0.15, 0.2) is 0 Å². The van der Waals surface area contributed by atoms with E-state index in [0.717, 1.165) is 26.3 Å². The molecular formula is C10H23NO2. The molecule has 3 heteroatoms. The first-order chi connectivity index (χ1) is 6.22. The van der Waals surface area contributed by atoms with E-state index in [2.05, 4.69) is 0 Å². The highest BCUT2D eigenvalue weighted by atomic mass is 16.5. The average Bonchev–Trinajstić information content (AvgIpc) is 2.62. The first-order valence-corrected chi connectivity index (χ1v) is 5.22. The van der Waals surface area contributed by atoms with Crippen LogP contribution in [0.2, 0.25) is 0 Å². The standard InChI is InChI=1S/C6H15NO.C4H8O/c1-4-7(5-2)6(3)8;1-2-4-5-3-1/h6,8H,4-5H2,1-3H3;1-4H2. The van der Waals surface area contributed by atoms with E-state index in [1.807, 2.05) is 18.7 Å². The van der Waals surface area contributed by atoms with E-state index < -0.39 is 0 Å². The van der Waals surface area contributed by atoms with Gasteiger partial charge < -0.3 is 9.84 Å². The summed E-state index contributed by atoms with van der Waals surface area (Å²) in [4.78, 5) is 1.97. The highest BCUT2D eigenvalue weighted by Crippen LogP contribution is 1.98. The molecule has 1 aliphatic heterocycles. The van der Waals surface area contributed by atoms with Crippen molar-refractivity contribution in [2.75, 3.05) is 26.3 Å². The molecule has 13 heavy (non-hydrogen) atoms. The zero-order chi connectivity index (χ0) is 10.1. The fourth-order valence-corrected chi connectivity index (χ4v) is 1.26. The lowest BCUT2D eigenvalue weighted by Gasteiger charge is -2.20. The first kappa shape index (κ1) is 12.9. The number of aliphatic hydroxyl groups is 1. The van der Waals surface area contributed by atoms with Gasteiger partial charge in [-0.3, -0.25) is 4.90 Å². The summed E-state index contributed by atoms with van der Waals surface area (Å²) in [7, 11) is 0. The largest absolute Gasteiger partial charge is 0.381 e. The number of hydrogen-bond acceptors (Lipinski definition) is 3. The second-order valence-corrected chi connectivity index (χ2v) is 3.17. The third kappa shape index (κ3) is 6.99. The number of rotatable bonds is 3. The zero-order valence-corrected chi connectivity index (χ0v) is 9.12. The predicted octanol–water partition coefficient (Wildman–Crippen LogP) is 1.46. The van der Waals surface area contributed by atoms with Gasteiger partial charge in [0.2, 0.25) is 0 Å². The third-order valence-corrected chi connectivity index (χ3v) is 2.17. The van der Waals surface area contributed by atoms with Crippen molar-refractivity contribution in [2.24, 2.45) is 0 Å². The van der Waals surface area contributed by atoms with E-state index in [4.69, 9.17) is 9.84 Å². The number of hydrogen-bond donors (Lipinski definition) is 1. The lowest BCUT2D eigenvalue weighted by Crippen LogP contribution is -2.32. The van der Waals surface area contributed by atoms with E-state index in [-0.39, 0.29) is 6.23 Å². The van der Waals surface area contributed by atoms with Crippen LogP contribution in [0.3, 0.4) is 0 Å². The maximum atomic E-state index is 8.94. The molecule has 1 N–H and O–H groups in total. The molecule has 0 amide bonds. The van der Waals surface area contributed by atoms with Crippen molar-refractivity contribution in [1.29, 1.82) is 0 Å². The van der Waals surface area contributed by atoms with Gasteiger partial charge >= 0.3 is 0 Å². The van der Waals surface area contributed by atoms with Crippen molar-refractivity contribution in [1.82, 2.24) is 4.90 Å². The predicted molar refractivity (Wildman–Crippen MR) is 54.7 cm³/mol. The minimum atomic E-state index is -0.287. The molecule has 1 unspecified atom stereocenters. The van der Waals surface area contributed by atoms with E-state index in [0.29, 0.717) is 0 Å². The second kappa shape index (κ2) is 8.48. The number of aliphatic hydroxyl groups excluding tert-OH is 1. The van der Waals surface area contributed by atoms with Crippen molar-refractivity contribution in [2.45, 2.75) is 39.8 Å². The lowest BCUT2D eigenvalue weighted by atomic mass is 10.4. The van der Waals surface area contributed by atoms with Gasteiger partial charge in [-0.1, -0.05) is 13.8 Å². The topological polar surface area (TPSA) is 32.7 Å². The van der Waals surface area contributed by atoms with Gasteiger partial charge in [0, 0.05) is 13.2 Å². The third-order valence-electron chi connectivity index (χ3n) is 2.17. The Bertz CT molecular complexity index is 91.5. The molecule has 0 aliphatic carbocycles. The molecule has 0 radical (unpaired) electrons. The summed E-state index contributed by atoms with van der Waals surface area (Å²) in [6.45, 7) is 9.71. The zero-order valence-electron chi connectivity index (χ0n) is 9.12. The Hall–Kier alpha value is -0.120. The smallest absolute Gasteiger partial charge is 0.104 e. The van der Waals surface area contributed by atoms with Crippen LogP contribution in [0.5, 0.6) is 0 Å². The molecule has 1 heterocycles. The Labute approximate surface area is 81.7 Å². The fourth-order valence-electron chi connectivity index (χ4n) is 1.26. The van der Waals surface area contributed by atoms with Gasteiger partial charge in [-0.15, -0.1) is 0 Å². The number of nitrogens with zero attached hydrogens (tertiary/aromatic N) is 1. The Kier molecular flexibility index (Phi) is 8.40. The van der Waals surface area contributed by atoms with Crippen LogP contribution >= 0.6 is 0 Å². The van der Waals surface area contributed by atoms with Crippen molar-refractivity contribution in [3.05, 3.63) is 0 Å². The van der Waals surface area contributed by atoms with Gasteiger partial charge in [0.15, 0.2) is 0 Å². The SMILES string of the molecule is C1CCOC1.CCN(CC)C(C)O. The lowest BCUT2D eigenvalue weighted by molar-refractivity contribution is 0.0265. The molecule has 3 nitrogen and oxygen atoms in total. The molecule has 0 bridgehead atoms. The Balaban J connectivity index is 0.000000243. The molecule has 1 rings (SSSR count). The fraction of sp³-hybridized carbons (Fsp3) is 1.00. The first-order valence-electron chi connectivity index (χ1n) is 5.22. The van der Waals surface area contributed by atoms with Crippen LogP contribution in [0, 0.1) is 0 Å². The van der Waals surface area contributed by atoms with E-state index in [1.54, 1.807) is 6.92 Å². The summed E-state index contributed by atoms with van der Waals surface area (Å²) in [5, 5.41) is 8.94. The van der Waals surface area contributed by atoms with Crippen molar-refractivity contribution in [3.8, 4) is 0 Å². The molecule has 1 aliphatic rings. The van der Waals surface area contributed by atoms with Gasteiger partial charge in [-0.25, -0.2) is 0 Å². The van der Waals surface area contributed by atoms with E-state index in [1.165, 1.54) is 12.8 Å². The summed E-state index contributed by atoms with van der Waals surface area (Å²) in [5.41, 5.74) is 0. The van der Waals surface area contributed by atoms with Crippen molar-refractivity contribution >= 4 is 0 Å². The molecule has 0 aromatic carbocycles. The van der Waals surface area contributed by atoms with Crippen LogP contribution in [0.25, 0.3) is 0 Å². The minimum Gasteiger partial charge on any atom is -0.381 e. The maximum Gasteiger partial charge on any atom is 0.104 e. The molecule has 1 fully saturated rings. The molecule has 0 aromatic rings. The van der Waals surface area contributed by atoms with Gasteiger partial charge in [0.1, 0.15) is 6.23 Å². The average molecular weight is 189 g/mol. The van der Waals surface area contributed by atoms with Gasteiger partial charge in [-0.2, -0.15) is 0 Å². The van der Waals surface area contributed by atoms with Crippen LogP contribution < -0.4 is 0 Å². The van der Waals surface area contributed by atoms with Crippen LogP contribution in [0.4, 0.5) is 0 Å². The normalized spacial score (nSPS) is 18.2. The Morgan fingerprint density at radius 1 is 1.23 bits per heavy atom. The molecule has 80 valence electrons. The van der Waals surface area contributed by atoms with Crippen LogP contribution in [-0.2, 0) is 4.74 Å². The summed E-state index contributed by atoms with van der Waals surface area (Å²) in [6, 6.07) is 0. The molecule has 0 saturated carbocycles. The quantitative estimate of drug-likeness (QED) is 0.682. The van der Waals surface area contributed by atoms with Gasteiger partial charge in [-0.05, 0) is 32.9 Å². The molecular weight excluding hydrogens is 166 g/mol. The summed E-state index contributed by atoms with van der Waals surface area (Å²) in [5.74, 6) is 0. The molecule has 0 spiro atoms. The highest BCUT2D eigenvalue weighted by molar-refractivity contribution is 4.49. The maximum absolute atomic E-state index is 8.94. The summed E-state index contributed by atoms with van der Waals surface area (Å²) in [6.07, 6.45) is 2.27. The van der Waals surface area contributed by atoms with E-state index >= 15 is 0 Å². The second-order valence-electron chi connectivity index (χ2n) is 3.17. The number of ether oxygens (including phenoxy) is 1. The molecule has 1 saturated heterocycles. The van der Waals surface area contributed by atoms with Crippen molar-refractivity contribution in [3.63, 3.8) is 0 Å². The van der Waals surface area contributed by atoms with Crippen molar-refractivity contribution < 1.29 is 9.84 Å². The summed E-state index contributed by atoms with van der Waals surface area (Å²) >= 11 is 0. The molecule has 1 atom stereocenters. The highest BCUT2D eigenvalue weighted by Gasteiger charge is 2.02. The summed E-state index contributed by atoms with van der Waals surface area (Å²) < 4.78 is 4.94. The molecule has 0 aromatic heterocycles. The van der Waals surface area contributed by atoms with Crippen LogP contribution in [0.1, 0.15) is 33.6 Å². The van der Waals surface area contributed by atoms with Crippen LogP contribution in [-0.4, -0.2) is 42.5 Å². The monoisotopic (exact) mass is 189 g/mol. The Morgan fingerprint density at radius 2 is 1.69 bits per heavy atom. The van der Waals surface area contributed by atoms with E-state index in [9.17, 15) is 0 Å². The van der Waals surface area contributed by atoms with Gasteiger partial charge in [0.05, 0.1) is 0 Å². The van der Waals surface area contributed by atoms with Gasteiger partial charge in [0.25, 0.3) is 0 Å². The Morgan fingerprint density at radius 3 is 1.77 bits per heavy atom. The minimum absolute atomic E-state index is 0.287.